The van der Waals surface area contributed by atoms with Gasteiger partial charge in [-0.1, -0.05) is 45.2 Å². The maximum Gasteiger partial charge on any atom is 0.337 e. The minimum Gasteiger partial charge on any atom is -0.496 e. The Hall–Kier alpha value is -2.68. The SMILES string of the molecule is CCCC(C)CC(C)COC.COc1ccc2nc(C)sc2c1C(=O)Nc1ccc(Cl)cc1C(=O)O. The number of nitrogens with zero attached hydrogens (tertiary/aromatic N) is 1. The summed E-state index contributed by atoms with van der Waals surface area (Å²) in [7, 11) is 3.25. The number of carboxylic acids is 1. The minimum absolute atomic E-state index is 0.0903. The van der Waals surface area contributed by atoms with E-state index in [1.807, 2.05) is 6.92 Å². The maximum atomic E-state index is 12.8. The highest BCUT2D eigenvalue weighted by Crippen LogP contribution is 2.33. The van der Waals surface area contributed by atoms with Gasteiger partial charge in [0, 0.05) is 18.7 Å². The summed E-state index contributed by atoms with van der Waals surface area (Å²) < 4.78 is 11.1. The number of rotatable bonds is 10. The number of carbonyl (C=O) groups is 2. The average molecular weight is 535 g/mol. The van der Waals surface area contributed by atoms with Crippen LogP contribution in [0.1, 0.15) is 65.8 Å². The highest BCUT2D eigenvalue weighted by molar-refractivity contribution is 7.19. The third kappa shape index (κ3) is 8.18. The van der Waals surface area contributed by atoms with Crippen LogP contribution in [0.4, 0.5) is 5.69 Å². The number of ether oxygens (including phenoxy) is 2. The summed E-state index contributed by atoms with van der Waals surface area (Å²) in [6.45, 7) is 9.59. The Morgan fingerprint density at radius 3 is 2.50 bits per heavy atom. The first kappa shape index (κ1) is 29.5. The number of anilines is 1. The molecule has 1 aromatic heterocycles. The fraction of sp³-hybridized carbons (Fsp3) is 0.444. The highest BCUT2D eigenvalue weighted by atomic mass is 35.5. The molecule has 0 saturated carbocycles. The van der Waals surface area contributed by atoms with Crippen molar-refractivity contribution < 1.29 is 24.2 Å². The summed E-state index contributed by atoms with van der Waals surface area (Å²) >= 11 is 7.21. The first-order chi connectivity index (χ1) is 17.1. The Labute approximate surface area is 221 Å². The lowest BCUT2D eigenvalue weighted by Crippen LogP contribution is -2.16. The van der Waals surface area contributed by atoms with Crippen molar-refractivity contribution in [2.45, 2.75) is 47.0 Å². The maximum absolute atomic E-state index is 12.8. The number of benzene rings is 2. The molecule has 7 nitrogen and oxygen atoms in total. The van der Waals surface area contributed by atoms with Crippen LogP contribution in [0.3, 0.4) is 0 Å². The molecule has 36 heavy (non-hydrogen) atoms. The van der Waals surface area contributed by atoms with Crippen LogP contribution >= 0.6 is 22.9 Å². The van der Waals surface area contributed by atoms with Crippen molar-refractivity contribution in [2.24, 2.45) is 11.8 Å². The lowest BCUT2D eigenvalue weighted by Gasteiger charge is -2.15. The molecule has 0 saturated heterocycles. The number of hydrogen-bond donors (Lipinski definition) is 2. The summed E-state index contributed by atoms with van der Waals surface area (Å²) in [6.07, 6.45) is 3.97. The van der Waals surface area contributed by atoms with Gasteiger partial charge in [0.1, 0.15) is 11.3 Å². The van der Waals surface area contributed by atoms with Crippen molar-refractivity contribution in [3.05, 3.63) is 51.5 Å². The van der Waals surface area contributed by atoms with Crippen LogP contribution in [0.15, 0.2) is 30.3 Å². The second kappa shape index (κ2) is 14.2. The Bertz CT molecular complexity index is 1170. The molecule has 3 aromatic rings. The number of nitrogens with one attached hydrogen (secondary N) is 1. The van der Waals surface area contributed by atoms with Gasteiger partial charge in [0.2, 0.25) is 0 Å². The van der Waals surface area contributed by atoms with Gasteiger partial charge in [-0.05, 0) is 55.5 Å². The molecule has 0 bridgehead atoms. The van der Waals surface area contributed by atoms with Crippen molar-refractivity contribution in [1.29, 1.82) is 0 Å². The predicted molar refractivity (Wildman–Crippen MR) is 147 cm³/mol. The summed E-state index contributed by atoms with van der Waals surface area (Å²) in [4.78, 5) is 28.6. The van der Waals surface area contributed by atoms with Crippen molar-refractivity contribution in [3.8, 4) is 5.75 Å². The second-order valence-corrected chi connectivity index (χ2v) is 10.5. The Balaban J connectivity index is 0.000000352. The van der Waals surface area contributed by atoms with Crippen molar-refractivity contribution >= 4 is 50.7 Å². The van der Waals surface area contributed by atoms with E-state index in [2.05, 4.69) is 31.1 Å². The van der Waals surface area contributed by atoms with E-state index >= 15 is 0 Å². The lowest BCUT2D eigenvalue weighted by molar-refractivity contribution is 0.0698. The van der Waals surface area contributed by atoms with Crippen LogP contribution in [0.2, 0.25) is 5.02 Å². The van der Waals surface area contributed by atoms with Crippen molar-refractivity contribution in [1.82, 2.24) is 4.98 Å². The van der Waals surface area contributed by atoms with Gasteiger partial charge in [0.15, 0.2) is 0 Å². The monoisotopic (exact) mass is 534 g/mol. The summed E-state index contributed by atoms with van der Waals surface area (Å²) in [5.41, 5.74) is 1.06. The number of carbonyl (C=O) groups excluding carboxylic acids is 1. The molecule has 1 amide bonds. The molecule has 0 aliphatic carbocycles. The fourth-order valence-corrected chi connectivity index (χ4v) is 5.23. The molecule has 2 aromatic carbocycles. The molecule has 9 heteroatoms. The van der Waals surface area contributed by atoms with Crippen molar-refractivity contribution in [2.75, 3.05) is 26.1 Å². The largest absolute Gasteiger partial charge is 0.496 e. The summed E-state index contributed by atoms with van der Waals surface area (Å²) in [5.74, 6) is 0.318. The molecule has 2 atom stereocenters. The first-order valence-electron chi connectivity index (χ1n) is 11.9. The van der Waals surface area contributed by atoms with Crippen LogP contribution in [-0.2, 0) is 4.74 Å². The number of amides is 1. The van der Waals surface area contributed by atoms with Crippen LogP contribution in [0, 0.1) is 18.8 Å². The smallest absolute Gasteiger partial charge is 0.337 e. The molecular formula is C27H35ClN2O5S. The highest BCUT2D eigenvalue weighted by Gasteiger charge is 2.21. The van der Waals surface area contributed by atoms with Gasteiger partial charge in [-0.2, -0.15) is 0 Å². The number of halogens is 1. The quantitative estimate of drug-likeness (QED) is 0.283. The third-order valence-electron chi connectivity index (χ3n) is 5.57. The topological polar surface area (TPSA) is 97.8 Å². The van der Waals surface area contributed by atoms with Gasteiger partial charge in [-0.3, -0.25) is 4.79 Å². The van der Waals surface area contributed by atoms with Gasteiger partial charge in [-0.25, -0.2) is 9.78 Å². The van der Waals surface area contributed by atoms with E-state index in [1.165, 1.54) is 55.9 Å². The molecule has 0 aliphatic heterocycles. The molecule has 0 radical (unpaired) electrons. The van der Waals surface area contributed by atoms with Crippen LogP contribution in [-0.4, -0.2) is 42.8 Å². The Morgan fingerprint density at radius 1 is 1.17 bits per heavy atom. The normalized spacial score (nSPS) is 12.4. The van der Waals surface area contributed by atoms with E-state index in [9.17, 15) is 14.7 Å². The number of hydrogen-bond acceptors (Lipinski definition) is 6. The van der Waals surface area contributed by atoms with Gasteiger partial charge in [-0.15, -0.1) is 11.3 Å². The minimum atomic E-state index is -1.18. The molecule has 196 valence electrons. The second-order valence-electron chi connectivity index (χ2n) is 8.86. The zero-order valence-corrected chi connectivity index (χ0v) is 23.3. The molecule has 1 heterocycles. The number of aromatic nitrogens is 1. The standard InChI is InChI=1S/C17H13ClN2O4S.C10H22O/c1-8-19-12-5-6-13(24-2)14(15(12)25-8)16(21)20-11-4-3-9(18)7-10(11)17(22)23;1-5-6-9(2)7-10(3)8-11-4/h3-7H,1-2H3,(H,20,21)(H,22,23);9-10H,5-8H2,1-4H3. The zero-order valence-electron chi connectivity index (χ0n) is 21.7. The number of aryl methyl sites for hydroxylation is 1. The molecule has 0 aliphatic rings. The fourth-order valence-electron chi connectivity index (χ4n) is 4.11. The number of fused-ring (bicyclic) bond motifs is 1. The van der Waals surface area contributed by atoms with E-state index in [1.54, 1.807) is 19.2 Å². The van der Waals surface area contributed by atoms with E-state index in [-0.39, 0.29) is 16.3 Å². The molecular weight excluding hydrogens is 500 g/mol. The van der Waals surface area contributed by atoms with Crippen LogP contribution in [0.5, 0.6) is 5.75 Å². The van der Waals surface area contributed by atoms with Gasteiger partial charge in [0.25, 0.3) is 5.91 Å². The van der Waals surface area contributed by atoms with Gasteiger partial charge >= 0.3 is 5.97 Å². The van der Waals surface area contributed by atoms with Crippen LogP contribution < -0.4 is 10.1 Å². The number of aromatic carboxylic acids is 1. The number of methoxy groups -OCH3 is 2. The summed E-state index contributed by atoms with van der Waals surface area (Å²) in [6, 6.07) is 7.69. The molecule has 2 unspecified atom stereocenters. The van der Waals surface area contributed by atoms with E-state index in [4.69, 9.17) is 21.1 Å². The molecule has 0 spiro atoms. The van der Waals surface area contributed by atoms with E-state index in [0.29, 0.717) is 21.5 Å². The zero-order chi connectivity index (χ0) is 26.8. The third-order valence-corrected chi connectivity index (χ3v) is 6.81. The van der Waals surface area contributed by atoms with E-state index < -0.39 is 11.9 Å². The molecule has 0 fully saturated rings. The number of carboxylic acid groups (broad SMARTS) is 1. The molecule has 2 N–H and O–H groups in total. The summed E-state index contributed by atoms with van der Waals surface area (Å²) in [5, 5.41) is 13.0. The number of thiazole rings is 1. The van der Waals surface area contributed by atoms with Gasteiger partial charge in [0.05, 0.1) is 33.6 Å². The van der Waals surface area contributed by atoms with E-state index in [0.717, 1.165) is 23.5 Å². The first-order valence-corrected chi connectivity index (χ1v) is 13.1. The molecule has 3 rings (SSSR count). The van der Waals surface area contributed by atoms with Crippen LogP contribution in [0.25, 0.3) is 10.2 Å². The van der Waals surface area contributed by atoms with Gasteiger partial charge < -0.3 is 19.9 Å². The Morgan fingerprint density at radius 2 is 1.89 bits per heavy atom. The van der Waals surface area contributed by atoms with Crippen molar-refractivity contribution in [3.63, 3.8) is 0 Å². The Kier molecular flexibility index (Phi) is 11.6. The lowest BCUT2D eigenvalue weighted by atomic mass is 9.94. The predicted octanol–water partition coefficient (Wildman–Crippen LogP) is 7.31. The average Bonchev–Trinajstić information content (AvgIpc) is 3.20.